The molecule has 1 aliphatic heterocycles. The molecule has 1 aliphatic carbocycles. The lowest BCUT2D eigenvalue weighted by Crippen LogP contribution is -2.49. The van der Waals surface area contributed by atoms with Crippen LogP contribution in [0.25, 0.3) is 0 Å². The van der Waals surface area contributed by atoms with Crippen LogP contribution in [0.5, 0.6) is 5.88 Å². The third-order valence-corrected chi connectivity index (χ3v) is 5.67. The average molecular weight is 374 g/mol. The molecule has 1 aromatic heterocycles. The van der Waals surface area contributed by atoms with E-state index in [4.69, 9.17) is 4.74 Å². The fraction of sp³-hybridized carbons (Fsp3) is 0.714. The Bertz CT molecular complexity index is 587. The molecule has 0 amide bonds. The molecule has 6 heteroatoms. The highest BCUT2D eigenvalue weighted by Crippen LogP contribution is 2.22. The van der Waals surface area contributed by atoms with E-state index >= 15 is 0 Å². The van der Waals surface area contributed by atoms with Gasteiger partial charge in [0, 0.05) is 51.0 Å². The lowest BCUT2D eigenvalue weighted by molar-refractivity contribution is 0.167. The van der Waals surface area contributed by atoms with Crippen molar-refractivity contribution in [2.45, 2.75) is 77.1 Å². The number of rotatable bonds is 6. The number of likely N-dealkylation sites (tertiary alicyclic amines) is 1. The van der Waals surface area contributed by atoms with Crippen LogP contribution in [0.1, 0.15) is 57.9 Å². The van der Waals surface area contributed by atoms with Gasteiger partial charge < -0.3 is 20.3 Å². The Morgan fingerprint density at radius 3 is 2.56 bits per heavy atom. The van der Waals surface area contributed by atoms with Gasteiger partial charge in [-0.3, -0.25) is 4.99 Å². The molecule has 0 aromatic carbocycles. The predicted octanol–water partition coefficient (Wildman–Crippen LogP) is 2.94. The molecule has 1 saturated heterocycles. The number of nitrogens with zero attached hydrogens (tertiary/aromatic N) is 3. The summed E-state index contributed by atoms with van der Waals surface area (Å²) in [6.45, 7) is 7.55. The zero-order chi connectivity index (χ0) is 19.1. The summed E-state index contributed by atoms with van der Waals surface area (Å²) >= 11 is 0. The number of pyridine rings is 1. The van der Waals surface area contributed by atoms with Gasteiger partial charge in [0.2, 0.25) is 5.88 Å². The number of hydrogen-bond donors (Lipinski definition) is 2. The first kappa shape index (κ1) is 19.9. The number of piperidine rings is 1. The third kappa shape index (κ3) is 6.09. The molecule has 0 bridgehead atoms. The highest BCUT2D eigenvalue weighted by atomic mass is 16.5. The molecule has 0 atom stereocenters. The molecule has 3 rings (SSSR count). The molecular formula is C21H35N5O. The standard InChI is InChI=1S/C21H35N5O/c1-16(2)26-12-10-18(11-13-26)25-21(22-3)24-15-17-8-9-20(23-14-17)27-19-6-4-5-7-19/h8-9,14,16,18-19H,4-7,10-13,15H2,1-3H3,(H2,22,24,25). The molecule has 1 saturated carbocycles. The molecule has 150 valence electrons. The molecule has 0 unspecified atom stereocenters. The van der Waals surface area contributed by atoms with Crippen LogP contribution < -0.4 is 15.4 Å². The monoisotopic (exact) mass is 373 g/mol. The number of hydrogen-bond acceptors (Lipinski definition) is 4. The van der Waals surface area contributed by atoms with E-state index in [0.29, 0.717) is 24.7 Å². The quantitative estimate of drug-likeness (QED) is 0.593. The molecular weight excluding hydrogens is 338 g/mol. The highest BCUT2D eigenvalue weighted by molar-refractivity contribution is 5.79. The lowest BCUT2D eigenvalue weighted by atomic mass is 10.0. The van der Waals surface area contributed by atoms with E-state index in [9.17, 15) is 0 Å². The van der Waals surface area contributed by atoms with Crippen molar-refractivity contribution in [2.75, 3.05) is 20.1 Å². The maximum Gasteiger partial charge on any atom is 0.213 e. The second-order valence-electron chi connectivity index (χ2n) is 8.00. The van der Waals surface area contributed by atoms with Crippen molar-refractivity contribution in [3.63, 3.8) is 0 Å². The summed E-state index contributed by atoms with van der Waals surface area (Å²) in [5.74, 6) is 1.61. The second kappa shape index (κ2) is 9.93. The highest BCUT2D eigenvalue weighted by Gasteiger charge is 2.21. The van der Waals surface area contributed by atoms with Gasteiger partial charge in [-0.05, 0) is 57.9 Å². The molecule has 2 fully saturated rings. The number of ether oxygens (including phenoxy) is 1. The molecule has 2 N–H and O–H groups in total. The molecule has 6 nitrogen and oxygen atoms in total. The molecule has 0 radical (unpaired) electrons. The molecule has 27 heavy (non-hydrogen) atoms. The Morgan fingerprint density at radius 2 is 1.96 bits per heavy atom. The van der Waals surface area contributed by atoms with Crippen molar-refractivity contribution < 1.29 is 4.74 Å². The number of aliphatic imine (C=N–C) groups is 1. The summed E-state index contributed by atoms with van der Waals surface area (Å²) in [4.78, 5) is 11.4. The minimum atomic E-state index is 0.353. The molecule has 1 aromatic rings. The van der Waals surface area contributed by atoms with Gasteiger partial charge >= 0.3 is 0 Å². The Morgan fingerprint density at radius 1 is 1.22 bits per heavy atom. The first-order valence-corrected chi connectivity index (χ1v) is 10.5. The minimum absolute atomic E-state index is 0.353. The van der Waals surface area contributed by atoms with Crippen LogP contribution in [-0.2, 0) is 6.54 Å². The average Bonchev–Trinajstić information content (AvgIpc) is 3.19. The van der Waals surface area contributed by atoms with Crippen molar-refractivity contribution >= 4 is 5.96 Å². The van der Waals surface area contributed by atoms with E-state index in [1.54, 1.807) is 0 Å². The SMILES string of the molecule is CN=C(NCc1ccc(OC2CCCC2)nc1)NC1CCN(C(C)C)CC1. The lowest BCUT2D eigenvalue weighted by Gasteiger charge is -2.35. The van der Waals surface area contributed by atoms with Gasteiger partial charge in [-0.25, -0.2) is 4.98 Å². The summed E-state index contributed by atoms with van der Waals surface area (Å²) in [6, 6.07) is 5.19. The Kier molecular flexibility index (Phi) is 7.33. The normalized spacial score (nSPS) is 20.2. The maximum absolute atomic E-state index is 5.93. The number of aromatic nitrogens is 1. The van der Waals surface area contributed by atoms with Crippen molar-refractivity contribution in [3.8, 4) is 5.88 Å². The summed E-state index contributed by atoms with van der Waals surface area (Å²) in [6.07, 6.45) is 9.43. The van der Waals surface area contributed by atoms with Gasteiger partial charge in [-0.2, -0.15) is 0 Å². The summed E-state index contributed by atoms with van der Waals surface area (Å²) in [5, 5.41) is 6.97. The predicted molar refractivity (Wildman–Crippen MR) is 110 cm³/mol. The van der Waals surface area contributed by atoms with Gasteiger partial charge in [-0.15, -0.1) is 0 Å². The Labute approximate surface area is 163 Å². The van der Waals surface area contributed by atoms with Crippen LogP contribution in [0.2, 0.25) is 0 Å². The first-order valence-electron chi connectivity index (χ1n) is 10.5. The van der Waals surface area contributed by atoms with Crippen LogP contribution in [-0.4, -0.2) is 54.2 Å². The smallest absolute Gasteiger partial charge is 0.213 e. The second-order valence-corrected chi connectivity index (χ2v) is 8.00. The molecule has 2 heterocycles. The number of nitrogens with one attached hydrogen (secondary N) is 2. The third-order valence-electron chi connectivity index (χ3n) is 5.67. The summed E-state index contributed by atoms with van der Waals surface area (Å²) in [7, 11) is 1.83. The van der Waals surface area contributed by atoms with Crippen LogP contribution in [0, 0.1) is 0 Å². The van der Waals surface area contributed by atoms with E-state index in [2.05, 4.69) is 45.4 Å². The van der Waals surface area contributed by atoms with E-state index < -0.39 is 0 Å². The van der Waals surface area contributed by atoms with E-state index in [0.717, 1.165) is 56.2 Å². The van der Waals surface area contributed by atoms with Gasteiger partial charge in [0.05, 0.1) is 0 Å². The van der Waals surface area contributed by atoms with Gasteiger partial charge in [0.15, 0.2) is 5.96 Å². The topological polar surface area (TPSA) is 61.8 Å². The van der Waals surface area contributed by atoms with Crippen molar-refractivity contribution in [2.24, 2.45) is 4.99 Å². The van der Waals surface area contributed by atoms with Crippen LogP contribution in [0.4, 0.5) is 0 Å². The van der Waals surface area contributed by atoms with Crippen LogP contribution in [0.3, 0.4) is 0 Å². The van der Waals surface area contributed by atoms with Crippen LogP contribution in [0.15, 0.2) is 23.3 Å². The summed E-state index contributed by atoms with van der Waals surface area (Å²) < 4.78 is 5.93. The van der Waals surface area contributed by atoms with E-state index in [1.165, 1.54) is 12.8 Å². The van der Waals surface area contributed by atoms with Crippen LogP contribution >= 0.6 is 0 Å². The van der Waals surface area contributed by atoms with Gasteiger partial charge in [-0.1, -0.05) is 6.07 Å². The first-order chi connectivity index (χ1) is 13.1. The van der Waals surface area contributed by atoms with E-state index in [-0.39, 0.29) is 0 Å². The Hall–Kier alpha value is -1.82. The fourth-order valence-electron chi connectivity index (χ4n) is 3.90. The maximum atomic E-state index is 5.93. The fourth-order valence-corrected chi connectivity index (χ4v) is 3.90. The van der Waals surface area contributed by atoms with Gasteiger partial charge in [0.25, 0.3) is 0 Å². The van der Waals surface area contributed by atoms with E-state index in [1.807, 2.05) is 19.3 Å². The largest absolute Gasteiger partial charge is 0.474 e. The Balaban J connectivity index is 1.41. The van der Waals surface area contributed by atoms with Crippen molar-refractivity contribution in [3.05, 3.63) is 23.9 Å². The van der Waals surface area contributed by atoms with Gasteiger partial charge in [0.1, 0.15) is 6.10 Å². The van der Waals surface area contributed by atoms with Crippen molar-refractivity contribution in [1.82, 2.24) is 20.5 Å². The zero-order valence-electron chi connectivity index (χ0n) is 17.1. The minimum Gasteiger partial charge on any atom is -0.474 e. The van der Waals surface area contributed by atoms with Crippen molar-refractivity contribution in [1.29, 1.82) is 0 Å². The zero-order valence-corrected chi connectivity index (χ0v) is 17.1. The number of guanidine groups is 1. The summed E-state index contributed by atoms with van der Waals surface area (Å²) in [5.41, 5.74) is 1.13. The molecule has 2 aliphatic rings. The molecule has 0 spiro atoms.